The first-order valence-electron chi connectivity index (χ1n) is 9.35. The van der Waals surface area contributed by atoms with Crippen LogP contribution in [0.4, 0.5) is 4.79 Å². The van der Waals surface area contributed by atoms with Crippen molar-refractivity contribution in [1.29, 1.82) is 0 Å². The summed E-state index contributed by atoms with van der Waals surface area (Å²) in [5.41, 5.74) is 0.119. The second kappa shape index (κ2) is 9.16. The van der Waals surface area contributed by atoms with E-state index in [1.54, 1.807) is 28.0 Å². The van der Waals surface area contributed by atoms with Crippen LogP contribution in [0.3, 0.4) is 0 Å². The topological polar surface area (TPSA) is 49.9 Å². The Balaban J connectivity index is 2.19. The van der Waals surface area contributed by atoms with E-state index in [4.69, 9.17) is 27.9 Å². The molecule has 0 saturated carbocycles. The second-order valence-corrected chi connectivity index (χ2v) is 8.55. The van der Waals surface area contributed by atoms with Crippen molar-refractivity contribution in [1.82, 2.24) is 9.80 Å². The van der Waals surface area contributed by atoms with E-state index in [0.717, 1.165) is 18.4 Å². The predicted octanol–water partition coefficient (Wildman–Crippen LogP) is 5.13. The van der Waals surface area contributed by atoms with Crippen molar-refractivity contribution in [2.75, 3.05) is 13.1 Å². The number of nitrogens with zero attached hydrogens (tertiary/aromatic N) is 2. The molecule has 0 radical (unpaired) electrons. The van der Waals surface area contributed by atoms with Crippen LogP contribution >= 0.6 is 23.2 Å². The molecule has 150 valence electrons. The number of ether oxygens (including phenoxy) is 1. The second-order valence-electron chi connectivity index (χ2n) is 7.74. The Hall–Kier alpha value is -1.46. The molecule has 0 aromatic heterocycles. The van der Waals surface area contributed by atoms with E-state index in [9.17, 15) is 9.59 Å². The van der Waals surface area contributed by atoms with Crippen LogP contribution in [0.1, 0.15) is 52.5 Å². The molecule has 27 heavy (non-hydrogen) atoms. The lowest BCUT2D eigenvalue weighted by molar-refractivity contribution is -0.138. The summed E-state index contributed by atoms with van der Waals surface area (Å²) >= 11 is 12.5. The molecule has 1 aliphatic rings. The number of carbonyl (C=O) groups excluding carboxylic acids is 2. The van der Waals surface area contributed by atoms with Gasteiger partial charge in [-0.3, -0.25) is 9.69 Å². The molecule has 7 heteroatoms. The monoisotopic (exact) mass is 414 g/mol. The third-order valence-corrected chi connectivity index (χ3v) is 5.23. The minimum atomic E-state index is -0.600. The van der Waals surface area contributed by atoms with Crippen LogP contribution < -0.4 is 0 Å². The largest absolute Gasteiger partial charge is 0.444 e. The molecule has 0 spiro atoms. The van der Waals surface area contributed by atoms with Gasteiger partial charge >= 0.3 is 6.09 Å². The summed E-state index contributed by atoms with van der Waals surface area (Å²) in [6, 6.07) is 4.77. The number of carbonyl (C=O) groups is 2. The van der Waals surface area contributed by atoms with Crippen molar-refractivity contribution in [2.45, 2.75) is 65.1 Å². The third-order valence-electron chi connectivity index (χ3n) is 4.52. The number of rotatable bonds is 4. The average molecular weight is 415 g/mol. The predicted molar refractivity (Wildman–Crippen MR) is 108 cm³/mol. The van der Waals surface area contributed by atoms with Crippen LogP contribution in [0, 0.1) is 0 Å². The van der Waals surface area contributed by atoms with Crippen molar-refractivity contribution in [3.8, 4) is 0 Å². The number of likely N-dealkylation sites (tertiary alicyclic amines) is 1. The molecule has 5 nitrogen and oxygen atoms in total. The van der Waals surface area contributed by atoms with Gasteiger partial charge in [-0.2, -0.15) is 0 Å². The van der Waals surface area contributed by atoms with Crippen LogP contribution in [-0.2, 0) is 16.1 Å². The number of hydrogen-bond donors (Lipinski definition) is 0. The Kier molecular flexibility index (Phi) is 7.40. The number of piperidine rings is 1. The van der Waals surface area contributed by atoms with Crippen LogP contribution in [0.5, 0.6) is 0 Å². The van der Waals surface area contributed by atoms with Gasteiger partial charge in [0, 0.05) is 35.2 Å². The van der Waals surface area contributed by atoms with Gasteiger partial charge in [0.1, 0.15) is 11.6 Å². The zero-order valence-electron chi connectivity index (χ0n) is 16.4. The molecule has 0 bridgehead atoms. The first-order chi connectivity index (χ1) is 12.6. The summed E-state index contributed by atoms with van der Waals surface area (Å²) in [5, 5.41) is 1.06. The summed E-state index contributed by atoms with van der Waals surface area (Å²) in [7, 11) is 0. The minimum Gasteiger partial charge on any atom is -0.444 e. The molecule has 1 atom stereocenters. The van der Waals surface area contributed by atoms with Gasteiger partial charge in [0.15, 0.2) is 0 Å². The average Bonchev–Trinajstić information content (AvgIpc) is 2.59. The molecule has 1 heterocycles. The molecule has 0 N–H and O–H groups in total. The Bertz CT molecular complexity index is 668. The maximum atomic E-state index is 13.2. The van der Waals surface area contributed by atoms with E-state index in [0.29, 0.717) is 36.1 Å². The zero-order chi connectivity index (χ0) is 20.2. The highest BCUT2D eigenvalue weighted by atomic mass is 35.5. The van der Waals surface area contributed by atoms with Crippen molar-refractivity contribution >= 4 is 35.2 Å². The van der Waals surface area contributed by atoms with Gasteiger partial charge in [-0.25, -0.2) is 4.79 Å². The lowest BCUT2D eigenvalue weighted by Gasteiger charge is -2.38. The van der Waals surface area contributed by atoms with Gasteiger partial charge in [0.25, 0.3) is 0 Å². The van der Waals surface area contributed by atoms with E-state index in [1.807, 2.05) is 27.7 Å². The van der Waals surface area contributed by atoms with Gasteiger partial charge in [-0.15, -0.1) is 0 Å². The smallest absolute Gasteiger partial charge is 0.410 e. The molecule has 0 aliphatic carbocycles. The van der Waals surface area contributed by atoms with E-state index in [-0.39, 0.29) is 5.91 Å². The normalized spacial score (nSPS) is 17.6. The molecule has 1 fully saturated rings. The van der Waals surface area contributed by atoms with Crippen LogP contribution in [0.2, 0.25) is 10.0 Å². The first kappa shape index (κ1) is 21.8. The standard InChI is InChI=1S/C20H28Cl2N2O3/c1-5-23(13-14-15(21)9-8-10-16(14)22)18(25)17-11-6-7-12-24(17)19(26)27-20(2,3)4/h8-10,17H,5-7,11-13H2,1-4H3. The van der Waals surface area contributed by atoms with Crippen molar-refractivity contribution < 1.29 is 14.3 Å². The summed E-state index contributed by atoms with van der Waals surface area (Å²) in [6.45, 7) is 8.71. The number of likely N-dealkylation sites (N-methyl/N-ethyl adjacent to an activating group) is 1. The summed E-state index contributed by atoms with van der Waals surface area (Å²) in [6.07, 6.45) is 1.96. The fraction of sp³-hybridized carbons (Fsp3) is 0.600. The quantitative estimate of drug-likeness (QED) is 0.685. The highest BCUT2D eigenvalue weighted by Crippen LogP contribution is 2.27. The zero-order valence-corrected chi connectivity index (χ0v) is 17.9. The number of hydrogen-bond acceptors (Lipinski definition) is 3. The van der Waals surface area contributed by atoms with E-state index < -0.39 is 17.7 Å². The van der Waals surface area contributed by atoms with Crippen molar-refractivity contribution in [3.05, 3.63) is 33.8 Å². The molecule has 1 saturated heterocycles. The third kappa shape index (κ3) is 5.76. The number of halogens is 2. The first-order valence-corrected chi connectivity index (χ1v) is 10.1. The maximum Gasteiger partial charge on any atom is 0.410 e. The van der Waals surface area contributed by atoms with Crippen molar-refractivity contribution in [3.63, 3.8) is 0 Å². The highest BCUT2D eigenvalue weighted by molar-refractivity contribution is 6.36. The van der Waals surface area contributed by atoms with E-state index in [1.165, 1.54) is 0 Å². The molecular weight excluding hydrogens is 387 g/mol. The van der Waals surface area contributed by atoms with Gasteiger partial charge in [0.2, 0.25) is 5.91 Å². The molecule has 1 aliphatic heterocycles. The molecule has 1 unspecified atom stereocenters. The minimum absolute atomic E-state index is 0.0981. The van der Waals surface area contributed by atoms with E-state index in [2.05, 4.69) is 0 Å². The Morgan fingerprint density at radius 2 is 1.85 bits per heavy atom. The van der Waals surface area contributed by atoms with Crippen LogP contribution in [0.15, 0.2) is 18.2 Å². The number of benzene rings is 1. The van der Waals surface area contributed by atoms with Gasteiger partial charge in [-0.05, 0) is 59.1 Å². The van der Waals surface area contributed by atoms with Gasteiger partial charge in [-0.1, -0.05) is 29.3 Å². The summed E-state index contributed by atoms with van der Waals surface area (Å²) in [4.78, 5) is 29.1. The lowest BCUT2D eigenvalue weighted by Crippen LogP contribution is -2.53. The fourth-order valence-corrected chi connectivity index (χ4v) is 3.67. The summed E-state index contributed by atoms with van der Waals surface area (Å²) < 4.78 is 5.50. The van der Waals surface area contributed by atoms with Crippen molar-refractivity contribution in [2.24, 2.45) is 0 Å². The van der Waals surface area contributed by atoms with Gasteiger partial charge < -0.3 is 9.64 Å². The SMILES string of the molecule is CCN(Cc1c(Cl)cccc1Cl)C(=O)C1CCCCN1C(=O)OC(C)(C)C. The van der Waals surface area contributed by atoms with Crippen LogP contribution in [0.25, 0.3) is 0 Å². The Labute approximate surface area is 171 Å². The molecular formula is C20H28Cl2N2O3. The maximum absolute atomic E-state index is 13.2. The van der Waals surface area contributed by atoms with Crippen LogP contribution in [-0.4, -0.2) is 46.5 Å². The van der Waals surface area contributed by atoms with Gasteiger partial charge in [0.05, 0.1) is 0 Å². The molecule has 2 amide bonds. The fourth-order valence-electron chi connectivity index (χ4n) is 3.16. The number of amides is 2. The lowest BCUT2D eigenvalue weighted by atomic mass is 10.0. The Morgan fingerprint density at radius 1 is 1.22 bits per heavy atom. The van der Waals surface area contributed by atoms with E-state index >= 15 is 0 Å². The molecule has 2 rings (SSSR count). The Morgan fingerprint density at radius 3 is 2.41 bits per heavy atom. The highest BCUT2D eigenvalue weighted by Gasteiger charge is 2.36. The molecule has 1 aromatic rings. The summed E-state index contributed by atoms with van der Waals surface area (Å²) in [5.74, 6) is -0.0981. The molecule has 1 aromatic carbocycles.